The van der Waals surface area contributed by atoms with E-state index in [4.69, 9.17) is 15.9 Å². The summed E-state index contributed by atoms with van der Waals surface area (Å²) < 4.78 is 5.80. The number of aryl methyl sites for hydroxylation is 1. The molecule has 0 aromatic heterocycles. The van der Waals surface area contributed by atoms with E-state index in [1.165, 1.54) is 6.07 Å². The Morgan fingerprint density at radius 1 is 1.24 bits per heavy atom. The fourth-order valence-electron chi connectivity index (χ4n) is 2.02. The summed E-state index contributed by atoms with van der Waals surface area (Å²) in [6.07, 6.45) is 0. The van der Waals surface area contributed by atoms with Crippen molar-refractivity contribution in [3.05, 3.63) is 63.2 Å². The standard InChI is InChI=1S/C15H15N3O3/c1-9-5-3-6-11(15(16)17)14(9)21-13-8-4-7-12(10(13)2)18(19)20/h3-8H,1-2H3,(H3,16,17). The van der Waals surface area contributed by atoms with E-state index in [9.17, 15) is 10.1 Å². The largest absolute Gasteiger partial charge is 0.456 e. The minimum Gasteiger partial charge on any atom is -0.456 e. The van der Waals surface area contributed by atoms with E-state index in [1.54, 1.807) is 31.2 Å². The number of hydrogen-bond donors (Lipinski definition) is 2. The Kier molecular flexibility index (Phi) is 3.89. The molecule has 2 aromatic rings. The van der Waals surface area contributed by atoms with E-state index in [0.29, 0.717) is 22.6 Å². The first-order valence-electron chi connectivity index (χ1n) is 6.27. The maximum absolute atomic E-state index is 11.0. The molecule has 108 valence electrons. The number of nitro groups is 1. The zero-order chi connectivity index (χ0) is 15.6. The predicted molar refractivity (Wildman–Crippen MR) is 80.1 cm³/mol. The maximum Gasteiger partial charge on any atom is 0.276 e. The zero-order valence-electron chi connectivity index (χ0n) is 11.7. The number of nitrogens with zero attached hydrogens (tertiary/aromatic N) is 1. The minimum atomic E-state index is -0.452. The van der Waals surface area contributed by atoms with Crippen LogP contribution in [0.2, 0.25) is 0 Å². The van der Waals surface area contributed by atoms with Gasteiger partial charge >= 0.3 is 0 Å². The van der Waals surface area contributed by atoms with E-state index in [1.807, 2.05) is 13.0 Å². The van der Waals surface area contributed by atoms with Crippen LogP contribution in [-0.4, -0.2) is 10.8 Å². The van der Waals surface area contributed by atoms with Crippen molar-refractivity contribution in [3.63, 3.8) is 0 Å². The average molecular weight is 285 g/mol. The Morgan fingerprint density at radius 3 is 2.52 bits per heavy atom. The number of amidine groups is 1. The van der Waals surface area contributed by atoms with Crippen LogP contribution >= 0.6 is 0 Å². The van der Waals surface area contributed by atoms with Crippen LogP contribution in [0.5, 0.6) is 11.5 Å². The molecule has 0 saturated heterocycles. The number of hydrogen-bond acceptors (Lipinski definition) is 4. The third kappa shape index (κ3) is 2.84. The number of nitrogens with two attached hydrogens (primary N) is 1. The van der Waals surface area contributed by atoms with Crippen LogP contribution < -0.4 is 10.5 Å². The molecule has 3 N–H and O–H groups in total. The van der Waals surface area contributed by atoms with E-state index < -0.39 is 4.92 Å². The second kappa shape index (κ2) is 5.62. The van der Waals surface area contributed by atoms with Crippen LogP contribution in [0, 0.1) is 29.4 Å². The lowest BCUT2D eigenvalue weighted by atomic mass is 10.1. The molecule has 0 fully saturated rings. The minimum absolute atomic E-state index is 0.00883. The molecular weight excluding hydrogens is 270 g/mol. The molecule has 0 spiro atoms. The molecular formula is C15H15N3O3. The summed E-state index contributed by atoms with van der Waals surface area (Å²) in [6.45, 7) is 3.45. The Balaban J connectivity index is 2.51. The van der Waals surface area contributed by atoms with E-state index in [2.05, 4.69) is 0 Å². The topological polar surface area (TPSA) is 102 Å². The summed E-state index contributed by atoms with van der Waals surface area (Å²) in [5, 5.41) is 18.6. The molecule has 0 unspecified atom stereocenters. The summed E-state index contributed by atoms with van der Waals surface area (Å²) in [4.78, 5) is 10.5. The lowest BCUT2D eigenvalue weighted by Crippen LogP contribution is -2.13. The number of benzene rings is 2. The number of para-hydroxylation sites is 1. The molecule has 0 atom stereocenters. The van der Waals surface area contributed by atoms with Gasteiger partial charge in [-0.05, 0) is 31.5 Å². The predicted octanol–water partition coefficient (Wildman–Crippen LogP) is 3.29. The molecule has 0 bridgehead atoms. The second-order valence-electron chi connectivity index (χ2n) is 4.62. The van der Waals surface area contributed by atoms with Crippen LogP contribution in [0.25, 0.3) is 0 Å². The number of nitrogens with one attached hydrogen (secondary N) is 1. The maximum atomic E-state index is 11.0. The zero-order valence-corrected chi connectivity index (χ0v) is 11.7. The molecule has 2 rings (SSSR count). The van der Waals surface area contributed by atoms with E-state index in [-0.39, 0.29) is 11.5 Å². The van der Waals surface area contributed by atoms with Crippen LogP contribution in [-0.2, 0) is 0 Å². The Morgan fingerprint density at radius 2 is 1.90 bits per heavy atom. The molecule has 0 aliphatic carbocycles. The molecule has 0 radical (unpaired) electrons. The van der Waals surface area contributed by atoms with Gasteiger partial charge in [-0.2, -0.15) is 0 Å². The van der Waals surface area contributed by atoms with Gasteiger partial charge in [-0.15, -0.1) is 0 Å². The molecule has 0 aliphatic heterocycles. The van der Waals surface area contributed by atoms with Crippen molar-refractivity contribution in [3.8, 4) is 11.5 Å². The summed E-state index contributed by atoms with van der Waals surface area (Å²) in [5.41, 5.74) is 7.23. The van der Waals surface area contributed by atoms with Crippen molar-refractivity contribution in [2.75, 3.05) is 0 Å². The van der Waals surface area contributed by atoms with E-state index >= 15 is 0 Å². The molecule has 6 nitrogen and oxygen atoms in total. The van der Waals surface area contributed by atoms with Crippen LogP contribution in [0.1, 0.15) is 16.7 Å². The van der Waals surface area contributed by atoms with Crippen molar-refractivity contribution in [1.82, 2.24) is 0 Å². The molecule has 6 heteroatoms. The van der Waals surface area contributed by atoms with Gasteiger partial charge in [0.05, 0.1) is 16.1 Å². The second-order valence-corrected chi connectivity index (χ2v) is 4.62. The van der Waals surface area contributed by atoms with Crippen LogP contribution in [0.3, 0.4) is 0 Å². The van der Waals surface area contributed by atoms with Crippen molar-refractivity contribution in [1.29, 1.82) is 5.41 Å². The fraction of sp³-hybridized carbons (Fsp3) is 0.133. The van der Waals surface area contributed by atoms with Gasteiger partial charge in [0.1, 0.15) is 17.3 Å². The first-order chi connectivity index (χ1) is 9.91. The number of nitro benzene ring substituents is 1. The van der Waals surface area contributed by atoms with Gasteiger partial charge in [-0.25, -0.2) is 0 Å². The number of ether oxygens (including phenoxy) is 1. The molecule has 0 saturated carbocycles. The highest BCUT2D eigenvalue weighted by Gasteiger charge is 2.17. The molecule has 0 amide bonds. The Hall–Kier alpha value is -2.89. The first kappa shape index (κ1) is 14.5. The summed E-state index contributed by atoms with van der Waals surface area (Å²) in [7, 11) is 0. The van der Waals surface area contributed by atoms with Crippen LogP contribution in [0.4, 0.5) is 5.69 Å². The van der Waals surface area contributed by atoms with Gasteiger partial charge in [0, 0.05) is 6.07 Å². The van der Waals surface area contributed by atoms with Gasteiger partial charge in [-0.3, -0.25) is 15.5 Å². The lowest BCUT2D eigenvalue weighted by molar-refractivity contribution is -0.385. The lowest BCUT2D eigenvalue weighted by Gasteiger charge is -2.14. The smallest absolute Gasteiger partial charge is 0.276 e. The van der Waals surface area contributed by atoms with Crippen molar-refractivity contribution >= 4 is 11.5 Å². The Bertz CT molecular complexity index is 726. The third-order valence-electron chi connectivity index (χ3n) is 3.17. The third-order valence-corrected chi connectivity index (χ3v) is 3.17. The van der Waals surface area contributed by atoms with Gasteiger partial charge in [0.2, 0.25) is 0 Å². The SMILES string of the molecule is Cc1cccc(C(=N)N)c1Oc1cccc([N+](=O)[O-])c1C. The normalized spacial score (nSPS) is 10.2. The molecule has 0 heterocycles. The molecule has 21 heavy (non-hydrogen) atoms. The number of rotatable bonds is 4. The highest BCUT2D eigenvalue weighted by molar-refractivity contribution is 5.98. The Labute approximate surface area is 121 Å². The molecule has 0 aliphatic rings. The van der Waals surface area contributed by atoms with Crippen molar-refractivity contribution in [2.45, 2.75) is 13.8 Å². The van der Waals surface area contributed by atoms with Gasteiger partial charge < -0.3 is 10.5 Å². The average Bonchev–Trinajstić information content (AvgIpc) is 2.42. The van der Waals surface area contributed by atoms with Gasteiger partial charge in [-0.1, -0.05) is 18.2 Å². The van der Waals surface area contributed by atoms with Gasteiger partial charge in [0.15, 0.2) is 0 Å². The highest BCUT2D eigenvalue weighted by atomic mass is 16.6. The monoisotopic (exact) mass is 285 g/mol. The highest BCUT2D eigenvalue weighted by Crippen LogP contribution is 2.34. The van der Waals surface area contributed by atoms with E-state index in [0.717, 1.165) is 5.56 Å². The quantitative estimate of drug-likeness (QED) is 0.389. The van der Waals surface area contributed by atoms with Gasteiger partial charge in [0.25, 0.3) is 5.69 Å². The summed E-state index contributed by atoms with van der Waals surface area (Å²) in [5.74, 6) is 0.700. The van der Waals surface area contributed by atoms with Crippen LogP contribution in [0.15, 0.2) is 36.4 Å². The summed E-state index contributed by atoms with van der Waals surface area (Å²) in [6, 6.07) is 9.92. The van der Waals surface area contributed by atoms with Crippen molar-refractivity contribution in [2.24, 2.45) is 5.73 Å². The first-order valence-corrected chi connectivity index (χ1v) is 6.27. The van der Waals surface area contributed by atoms with Crippen molar-refractivity contribution < 1.29 is 9.66 Å². The fourth-order valence-corrected chi connectivity index (χ4v) is 2.02. The number of nitrogen functional groups attached to an aromatic ring is 1. The molecule has 2 aromatic carbocycles. The summed E-state index contributed by atoms with van der Waals surface area (Å²) >= 11 is 0.